The van der Waals surface area contributed by atoms with E-state index in [1.165, 1.54) is 18.3 Å². The van der Waals surface area contributed by atoms with Crippen molar-refractivity contribution in [1.29, 1.82) is 0 Å². The third-order valence-electron chi connectivity index (χ3n) is 3.69. The summed E-state index contributed by atoms with van der Waals surface area (Å²) in [4.78, 5) is 10.7. The van der Waals surface area contributed by atoms with Crippen LogP contribution in [0.1, 0.15) is 27.0 Å². The lowest BCUT2D eigenvalue weighted by molar-refractivity contribution is 0.112. The lowest BCUT2D eigenvalue weighted by atomic mass is 10.1. The molecule has 0 atom stereocenters. The van der Waals surface area contributed by atoms with Crippen LogP contribution in [-0.4, -0.2) is 18.8 Å². The van der Waals surface area contributed by atoms with Crippen molar-refractivity contribution in [2.75, 3.05) is 12.5 Å². The van der Waals surface area contributed by atoms with Gasteiger partial charge < -0.3 is 0 Å². The molecule has 0 N–H and O–H groups in total. The normalized spacial score (nSPS) is 14.3. The molecule has 0 aliphatic carbocycles. The third kappa shape index (κ3) is 5.13. The van der Waals surface area contributed by atoms with E-state index in [2.05, 4.69) is 55.0 Å². The van der Waals surface area contributed by atoms with E-state index in [1.807, 2.05) is 71.3 Å². The molecule has 1 nitrogen and oxygen atoms in total. The number of carbonyl (C=O) groups is 1. The number of aldehydes is 1. The van der Waals surface area contributed by atoms with Gasteiger partial charge in [0.15, 0.2) is 0 Å². The van der Waals surface area contributed by atoms with E-state index in [4.69, 9.17) is 0 Å². The van der Waals surface area contributed by atoms with Crippen LogP contribution < -0.4 is 0 Å². The van der Waals surface area contributed by atoms with E-state index in [0.717, 1.165) is 17.4 Å². The molecule has 5 heteroatoms. The minimum Gasteiger partial charge on any atom is -0.298 e. The number of carbonyl (C=O) groups excluding carboxylic acids is 1. The molecule has 1 aliphatic heterocycles. The van der Waals surface area contributed by atoms with Gasteiger partial charge >= 0.3 is 0 Å². The molecule has 0 unspecified atom stereocenters. The smallest absolute Gasteiger partial charge is 0.150 e. The van der Waals surface area contributed by atoms with Gasteiger partial charge in [-0.3, -0.25) is 4.79 Å². The standard InChI is InChI=1S/C21H18OS4/c1-23-20-21(24-2)26-19(25-20)13-17-9-5-15(6-10-17)3-4-16-7-11-18(14-22)12-8-16/h3-14H,1-2H3/b4-3+. The first kappa shape index (κ1) is 19.5. The van der Waals surface area contributed by atoms with Crippen LogP contribution in [-0.2, 0) is 0 Å². The Labute approximate surface area is 171 Å². The molecular formula is C21H18OS4. The molecule has 0 saturated carbocycles. The van der Waals surface area contributed by atoms with Crippen molar-refractivity contribution in [3.8, 4) is 0 Å². The Kier molecular flexibility index (Phi) is 7.20. The maximum absolute atomic E-state index is 10.7. The zero-order chi connectivity index (χ0) is 18.4. The molecule has 0 saturated heterocycles. The number of thioether (sulfide) groups is 4. The topological polar surface area (TPSA) is 17.1 Å². The molecule has 1 heterocycles. The summed E-state index contributed by atoms with van der Waals surface area (Å²) in [5.41, 5.74) is 4.16. The zero-order valence-electron chi connectivity index (χ0n) is 14.5. The van der Waals surface area contributed by atoms with Crippen molar-refractivity contribution in [2.45, 2.75) is 0 Å². The summed E-state index contributed by atoms with van der Waals surface area (Å²) >= 11 is 7.36. The quantitative estimate of drug-likeness (QED) is 0.363. The fraction of sp³-hybridized carbons (Fsp3) is 0.0952. The number of rotatable bonds is 6. The fourth-order valence-corrected chi connectivity index (χ4v) is 7.26. The van der Waals surface area contributed by atoms with Gasteiger partial charge in [-0.1, -0.05) is 84.2 Å². The second-order valence-electron chi connectivity index (χ2n) is 5.44. The Hall–Kier alpha value is -1.27. The summed E-state index contributed by atoms with van der Waals surface area (Å²) in [6, 6.07) is 16.1. The van der Waals surface area contributed by atoms with E-state index in [-0.39, 0.29) is 0 Å². The van der Waals surface area contributed by atoms with Gasteiger partial charge in [0.05, 0.1) is 12.7 Å². The first-order chi connectivity index (χ1) is 12.7. The summed E-state index contributed by atoms with van der Waals surface area (Å²) in [5.74, 6) is 0. The molecular weight excluding hydrogens is 396 g/mol. The van der Waals surface area contributed by atoms with Crippen molar-refractivity contribution >= 4 is 71.6 Å². The predicted molar refractivity (Wildman–Crippen MR) is 124 cm³/mol. The largest absolute Gasteiger partial charge is 0.298 e. The van der Waals surface area contributed by atoms with Gasteiger partial charge in [-0.25, -0.2) is 0 Å². The van der Waals surface area contributed by atoms with Crippen molar-refractivity contribution < 1.29 is 4.79 Å². The van der Waals surface area contributed by atoms with E-state index in [1.54, 1.807) is 0 Å². The van der Waals surface area contributed by atoms with Crippen LogP contribution in [0, 0.1) is 0 Å². The highest BCUT2D eigenvalue weighted by Gasteiger charge is 2.19. The highest BCUT2D eigenvalue weighted by molar-refractivity contribution is 8.40. The minimum absolute atomic E-state index is 0.700. The van der Waals surface area contributed by atoms with Gasteiger partial charge in [-0.05, 0) is 35.3 Å². The molecule has 1 aliphatic rings. The van der Waals surface area contributed by atoms with E-state index < -0.39 is 0 Å². The number of hydrogen-bond acceptors (Lipinski definition) is 5. The number of hydrogen-bond donors (Lipinski definition) is 0. The Balaban J connectivity index is 1.66. The van der Waals surface area contributed by atoms with Gasteiger partial charge in [0.25, 0.3) is 0 Å². The average Bonchev–Trinajstić information content (AvgIpc) is 3.09. The monoisotopic (exact) mass is 414 g/mol. The average molecular weight is 415 g/mol. The third-order valence-corrected chi connectivity index (χ3v) is 8.77. The van der Waals surface area contributed by atoms with E-state index >= 15 is 0 Å². The molecule has 2 aromatic rings. The Morgan fingerprint density at radius 2 is 1.12 bits per heavy atom. The predicted octanol–water partition coefficient (Wildman–Crippen LogP) is 7.30. The van der Waals surface area contributed by atoms with Crippen molar-refractivity contribution in [2.24, 2.45) is 0 Å². The summed E-state index contributed by atoms with van der Waals surface area (Å²) in [6.07, 6.45) is 11.5. The van der Waals surface area contributed by atoms with Gasteiger partial charge in [0.1, 0.15) is 6.29 Å². The van der Waals surface area contributed by atoms with Crippen LogP contribution in [0.5, 0.6) is 0 Å². The zero-order valence-corrected chi connectivity index (χ0v) is 17.7. The van der Waals surface area contributed by atoms with E-state index in [9.17, 15) is 4.79 Å². The van der Waals surface area contributed by atoms with E-state index in [0.29, 0.717) is 5.56 Å². The lowest BCUT2D eigenvalue weighted by Gasteiger charge is -1.99. The first-order valence-electron chi connectivity index (χ1n) is 7.95. The fourth-order valence-electron chi connectivity index (χ4n) is 2.31. The molecule has 2 aromatic carbocycles. The summed E-state index contributed by atoms with van der Waals surface area (Å²) in [7, 11) is 0. The van der Waals surface area contributed by atoms with Crippen LogP contribution in [0.25, 0.3) is 18.2 Å². The number of benzene rings is 2. The van der Waals surface area contributed by atoms with Gasteiger partial charge in [-0.2, -0.15) is 0 Å². The minimum atomic E-state index is 0.700. The highest BCUT2D eigenvalue weighted by Crippen LogP contribution is 2.56. The molecule has 0 bridgehead atoms. The lowest BCUT2D eigenvalue weighted by Crippen LogP contribution is -1.79. The summed E-state index contributed by atoms with van der Waals surface area (Å²) < 4.78 is 4.13. The first-order valence-corrected chi connectivity index (χ1v) is 12.0. The Morgan fingerprint density at radius 3 is 1.54 bits per heavy atom. The summed E-state index contributed by atoms with van der Waals surface area (Å²) in [5, 5.41) is 0. The second-order valence-corrected chi connectivity index (χ2v) is 9.95. The molecule has 0 amide bonds. The van der Waals surface area contributed by atoms with Gasteiger partial charge in [0.2, 0.25) is 0 Å². The van der Waals surface area contributed by atoms with Crippen LogP contribution in [0.2, 0.25) is 0 Å². The van der Waals surface area contributed by atoms with Crippen LogP contribution in [0.4, 0.5) is 0 Å². The van der Waals surface area contributed by atoms with Crippen molar-refractivity contribution in [1.82, 2.24) is 0 Å². The molecule has 26 heavy (non-hydrogen) atoms. The summed E-state index contributed by atoms with van der Waals surface area (Å²) in [6.45, 7) is 0. The molecule has 3 rings (SSSR count). The Morgan fingerprint density at radius 1 is 0.692 bits per heavy atom. The highest BCUT2D eigenvalue weighted by atomic mass is 32.3. The van der Waals surface area contributed by atoms with Crippen molar-refractivity contribution in [3.05, 3.63) is 83.5 Å². The molecule has 132 valence electrons. The van der Waals surface area contributed by atoms with Gasteiger partial charge in [0, 0.05) is 5.56 Å². The van der Waals surface area contributed by atoms with Crippen LogP contribution in [0.3, 0.4) is 0 Å². The maximum Gasteiger partial charge on any atom is 0.150 e. The Bertz CT molecular complexity index is 844. The molecule has 0 aromatic heterocycles. The van der Waals surface area contributed by atoms with Gasteiger partial charge in [-0.15, -0.1) is 23.5 Å². The van der Waals surface area contributed by atoms with Crippen LogP contribution >= 0.6 is 47.0 Å². The van der Waals surface area contributed by atoms with Crippen LogP contribution in [0.15, 0.2) is 61.2 Å². The molecule has 0 fully saturated rings. The molecule has 0 spiro atoms. The SMILES string of the molecule is CSC1=C(SC)SC(=Cc2ccc(/C=C/c3ccc(C=O)cc3)cc2)S1. The maximum atomic E-state index is 10.7. The molecule has 0 radical (unpaired) electrons. The van der Waals surface area contributed by atoms with Crippen molar-refractivity contribution in [3.63, 3.8) is 0 Å². The second kappa shape index (κ2) is 9.60.